The van der Waals surface area contributed by atoms with Gasteiger partial charge in [-0.2, -0.15) is 0 Å². The summed E-state index contributed by atoms with van der Waals surface area (Å²) in [5.74, 6) is -2.33. The molecule has 4 heterocycles. The largest absolute Gasteiger partial charge is 0.459 e. The monoisotopic (exact) mass is 761 g/mol. The van der Waals surface area contributed by atoms with Crippen LogP contribution in [0.4, 0.5) is 0 Å². The van der Waals surface area contributed by atoms with Gasteiger partial charge in [0.15, 0.2) is 12.6 Å². The third-order valence-electron chi connectivity index (χ3n) is 12.9. The van der Waals surface area contributed by atoms with Crippen LogP contribution in [0.15, 0.2) is 0 Å². The number of carbonyl (C=O) groups is 1. The van der Waals surface area contributed by atoms with E-state index in [1.54, 1.807) is 41.9 Å². The maximum atomic E-state index is 14.3. The number of ether oxygens (including phenoxy) is 8. The number of nitrogens with zero attached hydrogens (tertiary/aromatic N) is 1. The average Bonchev–Trinajstić information content (AvgIpc) is 3.90. The van der Waals surface area contributed by atoms with Crippen LogP contribution < -0.4 is 5.32 Å². The molecule has 0 bridgehead atoms. The maximum Gasteiger partial charge on any atom is 0.311 e. The predicted molar refractivity (Wildman–Crippen MR) is 197 cm³/mol. The smallest absolute Gasteiger partial charge is 0.311 e. The molecule has 0 saturated carbocycles. The minimum Gasteiger partial charge on any atom is -0.459 e. The molecule has 0 radical (unpaired) electrons. The van der Waals surface area contributed by atoms with Crippen molar-refractivity contribution in [2.45, 2.75) is 185 Å². The van der Waals surface area contributed by atoms with Crippen LogP contribution in [0.5, 0.6) is 0 Å². The molecule has 4 aliphatic heterocycles. The number of aliphatic hydroxyl groups excluding tert-OH is 1. The van der Waals surface area contributed by atoms with E-state index in [0.717, 1.165) is 6.42 Å². The molecule has 14 nitrogen and oxygen atoms in total. The zero-order valence-corrected chi connectivity index (χ0v) is 34.8. The molecule has 0 aliphatic carbocycles. The van der Waals surface area contributed by atoms with Crippen molar-refractivity contribution in [3.8, 4) is 0 Å². The fourth-order valence-electron chi connectivity index (χ4n) is 9.27. The number of rotatable bonds is 8. The van der Waals surface area contributed by atoms with Crippen LogP contribution in [0.3, 0.4) is 0 Å². The Morgan fingerprint density at radius 3 is 2.15 bits per heavy atom. The zero-order valence-electron chi connectivity index (χ0n) is 34.8. The quantitative estimate of drug-likeness (QED) is 0.210. The molecule has 1 spiro atoms. The molecule has 4 fully saturated rings. The number of nitrogens with one attached hydrogen (secondary N) is 1. The van der Waals surface area contributed by atoms with Crippen LogP contribution in [0, 0.1) is 17.8 Å². The van der Waals surface area contributed by atoms with Gasteiger partial charge in [0.1, 0.15) is 35.1 Å². The molecule has 0 amide bonds. The first-order valence-corrected chi connectivity index (χ1v) is 19.7. The van der Waals surface area contributed by atoms with Gasteiger partial charge in [-0.3, -0.25) is 4.79 Å². The van der Waals surface area contributed by atoms with E-state index in [2.05, 4.69) is 10.2 Å². The molecule has 0 aromatic heterocycles. The van der Waals surface area contributed by atoms with Gasteiger partial charge >= 0.3 is 5.97 Å². The number of epoxide rings is 1. The molecule has 0 aromatic carbocycles. The predicted octanol–water partition coefficient (Wildman–Crippen LogP) is 2.62. The lowest BCUT2D eigenvalue weighted by molar-refractivity contribution is -0.317. The van der Waals surface area contributed by atoms with Crippen LogP contribution in [-0.4, -0.2) is 157 Å². The molecule has 0 aromatic rings. The van der Waals surface area contributed by atoms with Crippen molar-refractivity contribution < 1.29 is 58.0 Å². The van der Waals surface area contributed by atoms with Gasteiger partial charge in [-0.1, -0.05) is 20.8 Å². The fourth-order valence-corrected chi connectivity index (χ4v) is 9.27. The minimum atomic E-state index is -1.77. The summed E-state index contributed by atoms with van der Waals surface area (Å²) in [6.07, 6.45) is -5.24. The first-order chi connectivity index (χ1) is 24.6. The Morgan fingerprint density at radius 2 is 1.60 bits per heavy atom. The van der Waals surface area contributed by atoms with Gasteiger partial charge in [0.25, 0.3) is 0 Å². The van der Waals surface area contributed by atoms with Crippen molar-refractivity contribution in [1.29, 1.82) is 0 Å². The van der Waals surface area contributed by atoms with Crippen LogP contribution in [0.25, 0.3) is 0 Å². The number of cyclic esters (lactones) is 1. The van der Waals surface area contributed by atoms with Gasteiger partial charge in [0.2, 0.25) is 0 Å². The van der Waals surface area contributed by atoms with Crippen molar-refractivity contribution in [2.24, 2.45) is 17.8 Å². The molecule has 4 N–H and O–H groups in total. The summed E-state index contributed by atoms with van der Waals surface area (Å²) >= 11 is 0. The first kappa shape index (κ1) is 44.7. The lowest BCUT2D eigenvalue weighted by Gasteiger charge is -2.49. The Labute approximate surface area is 317 Å². The van der Waals surface area contributed by atoms with Crippen LogP contribution in [0.1, 0.15) is 94.9 Å². The molecule has 53 heavy (non-hydrogen) atoms. The van der Waals surface area contributed by atoms with E-state index in [-0.39, 0.29) is 37.0 Å². The van der Waals surface area contributed by atoms with Gasteiger partial charge < -0.3 is 63.4 Å². The van der Waals surface area contributed by atoms with Gasteiger partial charge in [0, 0.05) is 38.6 Å². The molecule has 14 heteroatoms. The number of hydrogen-bond acceptors (Lipinski definition) is 14. The molecule has 4 aliphatic rings. The van der Waals surface area contributed by atoms with Crippen molar-refractivity contribution in [3.05, 3.63) is 0 Å². The normalized spacial score (nSPS) is 50.7. The van der Waals surface area contributed by atoms with E-state index < -0.39 is 89.4 Å². The summed E-state index contributed by atoms with van der Waals surface area (Å²) in [5, 5.41) is 38.9. The van der Waals surface area contributed by atoms with E-state index in [1.165, 1.54) is 6.92 Å². The fraction of sp³-hybridized carbons (Fsp3) is 0.974. The molecular formula is C39H72N2O12. The van der Waals surface area contributed by atoms with Crippen LogP contribution in [-0.2, 0) is 42.7 Å². The molecule has 18 atom stereocenters. The summed E-state index contributed by atoms with van der Waals surface area (Å²) in [6, 6.07) is -0.579. The standard InChI is InChI=1S/C39H72N2O12/c1-15-28-38(10,45)32(42)25(6)40-19-21(2)17-36(8,44)33(53-35-31(46-13)27(41(11)12)16-22(3)49-35)23(4)30(24(5)34(43)51-28)52-29-18-37(9,47-14)39(20-48-39)26(7)50-29/h21-33,35,40,42,44-45H,15-20H2,1-14H3/t21-,22-,23+,24-,25-,26+,27+,28-,29+,30+,31-,32-,33-,35?,36+,37-,38-,39+/m1/s1. The Kier molecular flexibility index (Phi) is 14.5. The number of carbonyl (C=O) groups excluding carboxylic acids is 1. The lowest BCUT2D eigenvalue weighted by Crippen LogP contribution is -2.61. The first-order valence-electron chi connectivity index (χ1n) is 19.7. The van der Waals surface area contributed by atoms with Crippen molar-refractivity contribution in [2.75, 3.05) is 41.5 Å². The van der Waals surface area contributed by atoms with Crippen molar-refractivity contribution in [3.63, 3.8) is 0 Å². The minimum absolute atomic E-state index is 0.0205. The van der Waals surface area contributed by atoms with Gasteiger partial charge in [0.05, 0.1) is 42.5 Å². The second kappa shape index (κ2) is 17.2. The summed E-state index contributed by atoms with van der Waals surface area (Å²) in [4.78, 5) is 16.4. The van der Waals surface area contributed by atoms with Gasteiger partial charge in [-0.05, 0) is 94.3 Å². The molecule has 4 rings (SSSR count). The molecule has 1 unspecified atom stereocenters. The van der Waals surface area contributed by atoms with E-state index in [1.807, 2.05) is 48.7 Å². The maximum absolute atomic E-state index is 14.3. The second-order valence-electron chi connectivity index (χ2n) is 17.5. The second-order valence-corrected chi connectivity index (χ2v) is 17.5. The van der Waals surface area contributed by atoms with E-state index >= 15 is 0 Å². The highest BCUT2D eigenvalue weighted by atomic mass is 16.7. The number of likely N-dealkylation sites (N-methyl/N-ethyl adjacent to an activating group) is 1. The lowest BCUT2D eigenvalue weighted by atomic mass is 9.77. The van der Waals surface area contributed by atoms with Crippen molar-refractivity contribution >= 4 is 5.97 Å². The highest BCUT2D eigenvalue weighted by molar-refractivity contribution is 5.73. The van der Waals surface area contributed by atoms with E-state index in [9.17, 15) is 20.1 Å². The number of hydrogen-bond donors (Lipinski definition) is 4. The summed E-state index contributed by atoms with van der Waals surface area (Å²) in [5.41, 5.74) is -4.59. The van der Waals surface area contributed by atoms with E-state index in [0.29, 0.717) is 19.6 Å². The van der Waals surface area contributed by atoms with Gasteiger partial charge in [-0.15, -0.1) is 0 Å². The number of esters is 1. The van der Waals surface area contributed by atoms with Crippen LogP contribution >= 0.6 is 0 Å². The third-order valence-corrected chi connectivity index (χ3v) is 12.9. The topological polar surface area (TPSA) is 170 Å². The summed E-state index contributed by atoms with van der Waals surface area (Å²) < 4.78 is 50.7. The Morgan fingerprint density at radius 1 is 0.962 bits per heavy atom. The Balaban J connectivity index is 1.80. The Bertz CT molecular complexity index is 1200. The van der Waals surface area contributed by atoms with Crippen LogP contribution in [0.2, 0.25) is 0 Å². The highest BCUT2D eigenvalue weighted by Crippen LogP contribution is 2.51. The zero-order chi connectivity index (χ0) is 39.8. The Hall–Kier alpha value is -1.01. The number of aliphatic hydroxyl groups is 3. The summed E-state index contributed by atoms with van der Waals surface area (Å²) in [6.45, 7) is 19.3. The SMILES string of the molecule is CC[C@H]1OC(=O)[C@H](C)[C@@H](O[C@H]2C[C@@](C)(OC)[C@]3(CO3)[C@H](C)O2)[C@H](C)[C@@H](OC2O[C@H](C)C[C@H](N(C)C)[C@H]2OC)[C@@](C)(O)C[C@@H](C)CN[C@H](C)[C@@H](O)[C@]1(C)O. The third kappa shape index (κ3) is 9.26. The van der Waals surface area contributed by atoms with Crippen molar-refractivity contribution in [1.82, 2.24) is 10.2 Å². The molecule has 310 valence electrons. The molecular weight excluding hydrogens is 688 g/mol. The van der Waals surface area contributed by atoms with E-state index in [4.69, 9.17) is 37.9 Å². The van der Waals surface area contributed by atoms with Gasteiger partial charge in [-0.25, -0.2) is 0 Å². The average molecular weight is 761 g/mol. The summed E-state index contributed by atoms with van der Waals surface area (Å²) in [7, 11) is 7.27. The number of methoxy groups -OCH3 is 2. The highest BCUT2D eigenvalue weighted by Gasteiger charge is 2.67. The molecule has 4 saturated heterocycles.